The van der Waals surface area contributed by atoms with E-state index in [9.17, 15) is 18.9 Å². The lowest BCUT2D eigenvalue weighted by Crippen LogP contribution is -2.03. The summed E-state index contributed by atoms with van der Waals surface area (Å²) in [6.45, 7) is 1.52. The van der Waals surface area contributed by atoms with Crippen LogP contribution < -0.4 is 0 Å². The van der Waals surface area contributed by atoms with E-state index in [0.29, 0.717) is 5.69 Å². The van der Waals surface area contributed by atoms with Gasteiger partial charge in [0, 0.05) is 5.69 Å². The summed E-state index contributed by atoms with van der Waals surface area (Å²) in [5.41, 5.74) is -0.824. The van der Waals surface area contributed by atoms with Crippen LogP contribution in [0.5, 0.6) is 0 Å². The second kappa shape index (κ2) is 4.61. The summed E-state index contributed by atoms with van der Waals surface area (Å²) in [6, 6.07) is 1.04. The van der Waals surface area contributed by atoms with Crippen LogP contribution in [0.4, 0.5) is 14.5 Å². The number of nitrogens with zero attached hydrogens (tertiary/aromatic N) is 2. The van der Waals surface area contributed by atoms with Gasteiger partial charge in [-0.2, -0.15) is 0 Å². The molecule has 1 aromatic heterocycles. The Morgan fingerprint density at radius 1 is 1.67 bits per heavy atom. The summed E-state index contributed by atoms with van der Waals surface area (Å²) in [7, 11) is 0. The molecule has 1 rings (SSSR count). The van der Waals surface area contributed by atoms with Crippen LogP contribution in [0.3, 0.4) is 0 Å². The number of rotatable bonds is 3. The third-order valence-corrected chi connectivity index (χ3v) is 2.30. The van der Waals surface area contributed by atoms with E-state index in [2.05, 4.69) is 20.9 Å². The largest absolute Gasteiger partial charge is 0.300 e. The Morgan fingerprint density at radius 3 is 2.67 bits per heavy atom. The number of hydrogen-bond acceptors (Lipinski definition) is 3. The van der Waals surface area contributed by atoms with E-state index in [4.69, 9.17) is 0 Å². The number of pyridine rings is 1. The lowest BCUT2D eigenvalue weighted by atomic mass is 10.1. The Balaban J connectivity index is 3.47. The zero-order chi connectivity index (χ0) is 11.6. The van der Waals surface area contributed by atoms with Gasteiger partial charge in [-0.05, 0) is 13.0 Å². The molecule has 0 aliphatic heterocycles. The molecule has 4 nitrogen and oxygen atoms in total. The summed E-state index contributed by atoms with van der Waals surface area (Å²) in [6.07, 6.45) is -2.87. The second-order valence-electron chi connectivity index (χ2n) is 2.84. The SMILES string of the molecule is Cc1cc(C(F)F)c([N+](=O)[O-])c(CBr)n1. The maximum absolute atomic E-state index is 12.5. The fourth-order valence-electron chi connectivity index (χ4n) is 1.23. The van der Waals surface area contributed by atoms with Gasteiger partial charge in [-0.15, -0.1) is 0 Å². The van der Waals surface area contributed by atoms with Crippen LogP contribution in [0.15, 0.2) is 6.07 Å². The molecule has 0 fully saturated rings. The van der Waals surface area contributed by atoms with Crippen LogP contribution >= 0.6 is 15.9 Å². The van der Waals surface area contributed by atoms with Crippen molar-refractivity contribution < 1.29 is 13.7 Å². The lowest BCUT2D eigenvalue weighted by Gasteiger charge is -2.06. The molecule has 0 saturated heterocycles. The molecule has 0 unspecified atom stereocenters. The van der Waals surface area contributed by atoms with Gasteiger partial charge in [0.2, 0.25) is 0 Å². The van der Waals surface area contributed by atoms with E-state index in [1.807, 2.05) is 0 Å². The highest BCUT2D eigenvalue weighted by Gasteiger charge is 2.26. The maximum atomic E-state index is 12.5. The highest BCUT2D eigenvalue weighted by atomic mass is 79.9. The maximum Gasteiger partial charge on any atom is 0.300 e. The predicted molar refractivity (Wildman–Crippen MR) is 53.2 cm³/mol. The molecule has 0 aromatic carbocycles. The van der Waals surface area contributed by atoms with Gasteiger partial charge in [-0.25, -0.2) is 8.78 Å². The molecule has 0 spiro atoms. The minimum atomic E-state index is -2.87. The number of alkyl halides is 3. The summed E-state index contributed by atoms with van der Waals surface area (Å²) < 4.78 is 25.1. The van der Waals surface area contributed by atoms with Crippen molar-refractivity contribution in [3.8, 4) is 0 Å². The highest BCUT2D eigenvalue weighted by molar-refractivity contribution is 9.08. The molecule has 0 radical (unpaired) electrons. The van der Waals surface area contributed by atoms with Crippen molar-refractivity contribution in [1.82, 2.24) is 4.98 Å². The van der Waals surface area contributed by atoms with Gasteiger partial charge in [0.25, 0.3) is 12.1 Å². The van der Waals surface area contributed by atoms with Gasteiger partial charge in [0.1, 0.15) is 5.69 Å². The normalized spacial score (nSPS) is 10.7. The Labute approximate surface area is 92.6 Å². The average molecular weight is 281 g/mol. The van der Waals surface area contributed by atoms with Gasteiger partial charge >= 0.3 is 0 Å². The molecule has 15 heavy (non-hydrogen) atoms. The molecule has 1 heterocycles. The Kier molecular flexibility index (Phi) is 3.67. The van der Waals surface area contributed by atoms with Crippen LogP contribution in [-0.4, -0.2) is 9.91 Å². The minimum absolute atomic E-state index is 0.0234. The van der Waals surface area contributed by atoms with Gasteiger partial charge in [-0.3, -0.25) is 15.1 Å². The molecule has 0 amide bonds. The fraction of sp³-hybridized carbons (Fsp3) is 0.375. The fourth-order valence-corrected chi connectivity index (χ4v) is 1.62. The van der Waals surface area contributed by atoms with Crippen molar-refractivity contribution >= 4 is 21.6 Å². The van der Waals surface area contributed by atoms with Crippen molar-refractivity contribution in [2.24, 2.45) is 0 Å². The quantitative estimate of drug-likeness (QED) is 0.486. The first-order valence-corrected chi connectivity index (χ1v) is 5.08. The minimum Gasteiger partial charge on any atom is -0.258 e. The van der Waals surface area contributed by atoms with Crippen molar-refractivity contribution in [3.63, 3.8) is 0 Å². The first kappa shape index (κ1) is 12.0. The zero-order valence-electron chi connectivity index (χ0n) is 7.71. The van der Waals surface area contributed by atoms with Gasteiger partial charge < -0.3 is 0 Å². The van der Waals surface area contributed by atoms with Crippen LogP contribution in [0.2, 0.25) is 0 Å². The van der Waals surface area contributed by atoms with Crippen molar-refractivity contribution in [1.29, 1.82) is 0 Å². The number of halogens is 3. The summed E-state index contributed by atoms with van der Waals surface area (Å²) in [5, 5.41) is 10.7. The molecule has 0 N–H and O–H groups in total. The van der Waals surface area contributed by atoms with Crippen LogP contribution in [0.1, 0.15) is 23.4 Å². The van der Waals surface area contributed by atoms with E-state index in [1.165, 1.54) is 6.92 Å². The van der Waals surface area contributed by atoms with Gasteiger partial charge in [0.15, 0.2) is 0 Å². The van der Waals surface area contributed by atoms with Crippen molar-refractivity contribution in [2.75, 3.05) is 0 Å². The predicted octanol–water partition coefficient (Wildman–Crippen LogP) is 3.13. The van der Waals surface area contributed by atoms with Crippen LogP contribution in [-0.2, 0) is 5.33 Å². The number of aromatic nitrogens is 1. The van der Waals surface area contributed by atoms with E-state index in [0.717, 1.165) is 6.07 Å². The van der Waals surface area contributed by atoms with Crippen molar-refractivity contribution in [3.05, 3.63) is 33.1 Å². The Bertz CT molecular complexity index is 398. The molecule has 0 atom stereocenters. The van der Waals surface area contributed by atoms with Crippen LogP contribution in [0.25, 0.3) is 0 Å². The standard InChI is InChI=1S/C8H7BrF2N2O2/c1-4-2-5(8(10)11)7(13(14)15)6(3-9)12-4/h2,8H,3H2,1H3. The summed E-state index contributed by atoms with van der Waals surface area (Å²) in [4.78, 5) is 13.6. The van der Waals surface area contributed by atoms with Gasteiger partial charge in [0.05, 0.1) is 15.8 Å². The Hall–Kier alpha value is -1.11. The topological polar surface area (TPSA) is 56.0 Å². The van der Waals surface area contributed by atoms with E-state index in [1.54, 1.807) is 0 Å². The Morgan fingerprint density at radius 2 is 2.27 bits per heavy atom. The molecule has 1 aromatic rings. The smallest absolute Gasteiger partial charge is 0.258 e. The molecule has 0 aliphatic carbocycles. The van der Waals surface area contributed by atoms with E-state index >= 15 is 0 Å². The molecule has 0 saturated carbocycles. The average Bonchev–Trinajstić information content (AvgIpc) is 2.15. The molecule has 0 aliphatic rings. The molecular formula is C8H7BrF2N2O2. The monoisotopic (exact) mass is 280 g/mol. The van der Waals surface area contributed by atoms with E-state index < -0.39 is 22.6 Å². The third kappa shape index (κ3) is 2.47. The van der Waals surface area contributed by atoms with Crippen LogP contribution in [0, 0.1) is 17.0 Å². The molecule has 7 heteroatoms. The third-order valence-electron chi connectivity index (χ3n) is 1.77. The first-order chi connectivity index (χ1) is 6.97. The number of hydrogen-bond donors (Lipinski definition) is 0. The molecule has 0 bridgehead atoms. The lowest BCUT2D eigenvalue weighted by molar-refractivity contribution is -0.387. The highest BCUT2D eigenvalue weighted by Crippen LogP contribution is 2.32. The first-order valence-electron chi connectivity index (χ1n) is 3.96. The molecular weight excluding hydrogens is 274 g/mol. The molecule has 82 valence electrons. The van der Waals surface area contributed by atoms with Gasteiger partial charge in [-0.1, -0.05) is 15.9 Å². The number of aryl methyl sites for hydroxylation is 1. The second-order valence-corrected chi connectivity index (χ2v) is 3.40. The van der Waals surface area contributed by atoms with E-state index in [-0.39, 0.29) is 11.0 Å². The number of nitro groups is 1. The zero-order valence-corrected chi connectivity index (χ0v) is 9.29. The van der Waals surface area contributed by atoms with Crippen molar-refractivity contribution in [2.45, 2.75) is 18.7 Å². The summed E-state index contributed by atoms with van der Waals surface area (Å²) in [5.74, 6) is 0. The summed E-state index contributed by atoms with van der Waals surface area (Å²) >= 11 is 2.98.